The molecule has 8 heteroatoms. The zero-order chi connectivity index (χ0) is 21.3. The second-order valence-electron chi connectivity index (χ2n) is 7.84. The van der Waals surface area contributed by atoms with Gasteiger partial charge in [-0.25, -0.2) is 4.39 Å². The third-order valence-corrected chi connectivity index (χ3v) is 5.70. The van der Waals surface area contributed by atoms with Gasteiger partial charge in [0.15, 0.2) is 0 Å². The first-order valence-corrected chi connectivity index (χ1v) is 10.2. The Hall–Kier alpha value is -3.00. The van der Waals surface area contributed by atoms with Gasteiger partial charge in [-0.05, 0) is 64.2 Å². The highest BCUT2D eigenvalue weighted by atomic mass is 19.1. The molecule has 1 saturated heterocycles. The highest BCUT2D eigenvalue weighted by molar-refractivity contribution is 5.77. The summed E-state index contributed by atoms with van der Waals surface area (Å²) in [4.78, 5) is 21.6. The van der Waals surface area contributed by atoms with Crippen molar-refractivity contribution < 1.29 is 13.7 Å². The summed E-state index contributed by atoms with van der Waals surface area (Å²) in [7, 11) is 2.09. The summed E-state index contributed by atoms with van der Waals surface area (Å²) in [5, 5.41) is 4.03. The number of aryl methyl sites for hydroxylation is 1. The number of amides is 1. The van der Waals surface area contributed by atoms with E-state index in [1.807, 2.05) is 29.4 Å². The van der Waals surface area contributed by atoms with E-state index in [-0.39, 0.29) is 11.7 Å². The number of hydrogen-bond acceptors (Lipinski definition) is 5. The van der Waals surface area contributed by atoms with Crippen molar-refractivity contribution in [2.24, 2.45) is 0 Å². The van der Waals surface area contributed by atoms with Crippen LogP contribution < -0.4 is 0 Å². The van der Waals surface area contributed by atoms with Crippen molar-refractivity contribution in [1.82, 2.24) is 24.5 Å². The Morgan fingerprint density at radius 1 is 1.13 bits per heavy atom. The van der Waals surface area contributed by atoms with E-state index in [1.54, 1.807) is 12.1 Å². The fraction of sp³-hybridized carbons (Fsp3) is 0.409. The van der Waals surface area contributed by atoms with Crippen LogP contribution in [0.15, 0.2) is 34.9 Å². The van der Waals surface area contributed by atoms with E-state index in [0.29, 0.717) is 23.8 Å². The summed E-state index contributed by atoms with van der Waals surface area (Å²) >= 11 is 0. The van der Waals surface area contributed by atoms with Gasteiger partial charge >= 0.3 is 0 Å². The van der Waals surface area contributed by atoms with Crippen LogP contribution in [0.3, 0.4) is 0 Å². The lowest BCUT2D eigenvalue weighted by atomic mass is 10.2. The number of nitrogens with zero attached hydrogens (tertiary/aromatic N) is 5. The second kappa shape index (κ2) is 8.39. The molecule has 2 aromatic heterocycles. The molecule has 30 heavy (non-hydrogen) atoms. The number of carbonyl (C=O) groups is 1. The number of benzene rings is 1. The van der Waals surface area contributed by atoms with Gasteiger partial charge in [0, 0.05) is 36.6 Å². The lowest BCUT2D eigenvalue weighted by Crippen LogP contribution is -2.37. The summed E-state index contributed by atoms with van der Waals surface area (Å²) in [5.41, 5.74) is 3.35. The first-order chi connectivity index (χ1) is 14.4. The number of likely N-dealkylation sites (N-methyl/N-ethyl adjacent to an activating group) is 1. The Morgan fingerprint density at radius 3 is 2.67 bits per heavy atom. The SMILES string of the molecule is Cc1cc(-c2nc(-c3ccc(F)cc3)no2)c(C)n1CC(=O)N1CCCN(C)CC1. The molecule has 0 saturated carbocycles. The molecule has 0 aliphatic carbocycles. The van der Waals surface area contributed by atoms with Crippen LogP contribution >= 0.6 is 0 Å². The van der Waals surface area contributed by atoms with Crippen LogP contribution in [-0.4, -0.2) is 63.6 Å². The summed E-state index contributed by atoms with van der Waals surface area (Å²) in [6.07, 6.45) is 0.991. The monoisotopic (exact) mass is 411 g/mol. The maximum absolute atomic E-state index is 13.2. The predicted molar refractivity (Wildman–Crippen MR) is 111 cm³/mol. The Kier molecular flexibility index (Phi) is 5.67. The van der Waals surface area contributed by atoms with E-state index in [0.717, 1.165) is 49.6 Å². The largest absolute Gasteiger partial charge is 0.340 e. The normalized spacial score (nSPS) is 15.4. The van der Waals surface area contributed by atoms with Crippen LogP contribution in [0.4, 0.5) is 4.39 Å². The van der Waals surface area contributed by atoms with Gasteiger partial charge in [-0.3, -0.25) is 4.79 Å². The summed E-state index contributed by atoms with van der Waals surface area (Å²) in [6.45, 7) is 7.68. The second-order valence-corrected chi connectivity index (χ2v) is 7.84. The third kappa shape index (κ3) is 4.14. The molecule has 0 radical (unpaired) electrons. The quantitative estimate of drug-likeness (QED) is 0.660. The van der Waals surface area contributed by atoms with Crippen LogP contribution in [0.5, 0.6) is 0 Å². The molecule has 1 amide bonds. The van der Waals surface area contributed by atoms with Crippen LogP contribution in [0.2, 0.25) is 0 Å². The standard InChI is InChI=1S/C22H26FN5O2/c1-15-13-19(22-24-21(25-30-22)17-5-7-18(23)8-6-17)16(2)28(15)14-20(29)27-10-4-9-26(3)11-12-27/h5-8,13H,4,9-12,14H2,1-3H3. The van der Waals surface area contributed by atoms with Crippen molar-refractivity contribution in [1.29, 1.82) is 0 Å². The maximum Gasteiger partial charge on any atom is 0.260 e. The number of hydrogen-bond donors (Lipinski definition) is 0. The minimum Gasteiger partial charge on any atom is -0.340 e. The fourth-order valence-electron chi connectivity index (χ4n) is 3.84. The van der Waals surface area contributed by atoms with Crippen LogP contribution in [0.25, 0.3) is 22.8 Å². The number of carbonyl (C=O) groups excluding carboxylic acids is 1. The van der Waals surface area contributed by atoms with E-state index < -0.39 is 0 Å². The Balaban J connectivity index is 1.54. The fourth-order valence-corrected chi connectivity index (χ4v) is 3.84. The van der Waals surface area contributed by atoms with Gasteiger partial charge in [-0.2, -0.15) is 4.98 Å². The van der Waals surface area contributed by atoms with Gasteiger partial charge in [-0.1, -0.05) is 5.16 Å². The molecule has 0 atom stereocenters. The molecule has 0 N–H and O–H groups in total. The topological polar surface area (TPSA) is 67.4 Å². The molecule has 4 rings (SSSR count). The van der Waals surface area contributed by atoms with Crippen LogP contribution in [0, 0.1) is 19.7 Å². The summed E-state index contributed by atoms with van der Waals surface area (Å²) in [6, 6.07) is 7.92. The third-order valence-electron chi connectivity index (χ3n) is 5.70. The molecular weight excluding hydrogens is 385 g/mol. The minimum absolute atomic E-state index is 0.121. The van der Waals surface area contributed by atoms with Gasteiger partial charge in [0.25, 0.3) is 5.89 Å². The molecule has 3 aromatic rings. The average molecular weight is 411 g/mol. The average Bonchev–Trinajstić information content (AvgIpc) is 3.23. The summed E-state index contributed by atoms with van der Waals surface area (Å²) in [5.74, 6) is 0.597. The lowest BCUT2D eigenvalue weighted by Gasteiger charge is -2.22. The molecule has 1 fully saturated rings. The van der Waals surface area contributed by atoms with Gasteiger partial charge in [0.2, 0.25) is 11.7 Å². The van der Waals surface area contributed by atoms with Gasteiger partial charge in [-0.15, -0.1) is 0 Å². The molecule has 0 spiro atoms. The summed E-state index contributed by atoms with van der Waals surface area (Å²) < 4.78 is 20.6. The Bertz CT molecular complexity index is 1040. The molecular formula is C22H26FN5O2. The zero-order valence-electron chi connectivity index (χ0n) is 17.6. The van der Waals surface area contributed by atoms with Gasteiger partial charge < -0.3 is 18.9 Å². The minimum atomic E-state index is -0.313. The van der Waals surface area contributed by atoms with Crippen molar-refractivity contribution in [3.63, 3.8) is 0 Å². The van der Waals surface area contributed by atoms with E-state index in [2.05, 4.69) is 22.1 Å². The van der Waals surface area contributed by atoms with Crippen molar-refractivity contribution in [3.05, 3.63) is 47.5 Å². The maximum atomic E-state index is 13.2. The number of halogens is 1. The van der Waals surface area contributed by atoms with E-state index in [9.17, 15) is 9.18 Å². The number of aromatic nitrogens is 3. The first kappa shape index (κ1) is 20.3. The molecule has 1 aliphatic rings. The molecule has 7 nitrogen and oxygen atoms in total. The van der Waals surface area contributed by atoms with Gasteiger partial charge in [0.05, 0.1) is 5.56 Å². The van der Waals surface area contributed by atoms with Crippen molar-refractivity contribution in [2.75, 3.05) is 33.2 Å². The highest BCUT2D eigenvalue weighted by Crippen LogP contribution is 2.28. The molecule has 158 valence electrons. The molecule has 0 unspecified atom stereocenters. The smallest absolute Gasteiger partial charge is 0.260 e. The predicted octanol–water partition coefficient (Wildman–Crippen LogP) is 3.13. The molecule has 1 aliphatic heterocycles. The lowest BCUT2D eigenvalue weighted by molar-refractivity contribution is -0.131. The molecule has 0 bridgehead atoms. The van der Waals surface area contributed by atoms with E-state index in [1.165, 1.54) is 12.1 Å². The number of rotatable bonds is 4. The highest BCUT2D eigenvalue weighted by Gasteiger charge is 2.22. The molecule has 1 aromatic carbocycles. The van der Waals surface area contributed by atoms with Crippen molar-refractivity contribution in [2.45, 2.75) is 26.8 Å². The Labute approximate surface area is 175 Å². The zero-order valence-corrected chi connectivity index (χ0v) is 17.6. The first-order valence-electron chi connectivity index (χ1n) is 10.2. The van der Waals surface area contributed by atoms with Crippen molar-refractivity contribution >= 4 is 5.91 Å². The van der Waals surface area contributed by atoms with E-state index >= 15 is 0 Å². The van der Waals surface area contributed by atoms with Gasteiger partial charge in [0.1, 0.15) is 12.4 Å². The van der Waals surface area contributed by atoms with E-state index in [4.69, 9.17) is 4.52 Å². The van der Waals surface area contributed by atoms with Crippen LogP contribution in [0.1, 0.15) is 17.8 Å². The Morgan fingerprint density at radius 2 is 1.90 bits per heavy atom. The molecule has 3 heterocycles. The van der Waals surface area contributed by atoms with Crippen molar-refractivity contribution in [3.8, 4) is 22.8 Å². The van der Waals surface area contributed by atoms with Crippen LogP contribution in [-0.2, 0) is 11.3 Å².